The van der Waals surface area contributed by atoms with Crippen LogP contribution in [0.15, 0.2) is 35.4 Å². The van der Waals surface area contributed by atoms with Crippen LogP contribution >= 0.6 is 23.2 Å². The number of aryl methyl sites for hydroxylation is 1. The van der Waals surface area contributed by atoms with Gasteiger partial charge in [0, 0.05) is 23.8 Å². The normalized spacial score (nSPS) is 18.2. The highest BCUT2D eigenvalue weighted by Crippen LogP contribution is 2.44. The Morgan fingerprint density at radius 3 is 2.64 bits per heavy atom. The lowest BCUT2D eigenvalue weighted by molar-refractivity contribution is 0.0955. The third kappa shape index (κ3) is 4.03. The second kappa shape index (κ2) is 7.76. The summed E-state index contributed by atoms with van der Waals surface area (Å²) in [4.78, 5) is 14.6. The zero-order chi connectivity index (χ0) is 20.6. The van der Waals surface area contributed by atoms with E-state index in [0.29, 0.717) is 21.5 Å². The van der Waals surface area contributed by atoms with Crippen molar-refractivity contribution in [3.05, 3.63) is 62.6 Å². The van der Waals surface area contributed by atoms with Gasteiger partial charge in [0.05, 0.1) is 21.8 Å². The first kappa shape index (κ1) is 20.7. The van der Waals surface area contributed by atoms with Crippen LogP contribution in [0.3, 0.4) is 0 Å². The highest BCUT2D eigenvalue weighted by Gasteiger charge is 2.34. The van der Waals surface area contributed by atoms with Gasteiger partial charge in [0.2, 0.25) is 0 Å². The van der Waals surface area contributed by atoms with Gasteiger partial charge in [0.1, 0.15) is 0 Å². The molecule has 3 rings (SSSR count). The Labute approximate surface area is 176 Å². The molecule has 0 aliphatic carbocycles. The second-order valence-electron chi connectivity index (χ2n) is 8.09. The minimum atomic E-state index is -0.356. The molecule has 0 saturated carbocycles. The van der Waals surface area contributed by atoms with Gasteiger partial charge in [-0.1, -0.05) is 36.2 Å². The molecule has 1 atom stereocenters. The molecule has 0 radical (unpaired) electrons. The molecule has 6 heteroatoms. The second-order valence-corrected chi connectivity index (χ2v) is 8.91. The fourth-order valence-electron chi connectivity index (χ4n) is 3.73. The maximum atomic E-state index is 12.3. The lowest BCUT2D eigenvalue weighted by Crippen LogP contribution is -2.45. The molecule has 0 fully saturated rings. The fourth-order valence-corrected chi connectivity index (χ4v) is 4.26. The molecular weight excluding hydrogens is 393 g/mol. The van der Waals surface area contributed by atoms with Crippen molar-refractivity contribution in [2.75, 3.05) is 11.9 Å². The number of rotatable bonds is 3. The van der Waals surface area contributed by atoms with Gasteiger partial charge in [0.25, 0.3) is 5.91 Å². The number of carbonyl (C=O) groups excluding carboxylic acids is 1. The van der Waals surface area contributed by atoms with Crippen molar-refractivity contribution in [1.29, 1.82) is 0 Å². The summed E-state index contributed by atoms with van der Waals surface area (Å²) in [6, 6.07) is 9.31. The summed E-state index contributed by atoms with van der Waals surface area (Å²) < 4.78 is 0. The zero-order valence-corrected chi connectivity index (χ0v) is 18.3. The Morgan fingerprint density at radius 2 is 1.96 bits per heavy atom. The maximum absolute atomic E-state index is 12.3. The number of fused-ring (bicyclic) bond motifs is 1. The molecule has 1 aliphatic heterocycles. The van der Waals surface area contributed by atoms with Gasteiger partial charge < -0.3 is 4.90 Å². The van der Waals surface area contributed by atoms with E-state index in [1.165, 1.54) is 5.56 Å². The van der Waals surface area contributed by atoms with E-state index >= 15 is 0 Å². The van der Waals surface area contributed by atoms with Crippen molar-refractivity contribution in [1.82, 2.24) is 5.43 Å². The first-order valence-electron chi connectivity index (χ1n) is 9.27. The highest BCUT2D eigenvalue weighted by molar-refractivity contribution is 6.34. The number of halogens is 2. The van der Waals surface area contributed by atoms with Crippen LogP contribution in [0.1, 0.15) is 60.2 Å². The van der Waals surface area contributed by atoms with Crippen molar-refractivity contribution >= 4 is 41.0 Å². The molecule has 0 saturated heterocycles. The minimum absolute atomic E-state index is 0.0760. The molecule has 1 heterocycles. The molecule has 0 aromatic heterocycles. The largest absolute Gasteiger partial charge is 0.369 e. The number of carbonyl (C=O) groups is 1. The van der Waals surface area contributed by atoms with Crippen molar-refractivity contribution in [2.24, 2.45) is 5.10 Å². The molecule has 28 heavy (non-hydrogen) atoms. The van der Waals surface area contributed by atoms with E-state index in [4.69, 9.17) is 23.2 Å². The van der Waals surface area contributed by atoms with Crippen LogP contribution in [-0.2, 0) is 0 Å². The summed E-state index contributed by atoms with van der Waals surface area (Å²) >= 11 is 12.6. The van der Waals surface area contributed by atoms with Crippen molar-refractivity contribution < 1.29 is 4.79 Å². The Hall–Kier alpha value is -2.04. The number of nitrogens with one attached hydrogen (secondary N) is 1. The van der Waals surface area contributed by atoms with Gasteiger partial charge in [0.15, 0.2) is 0 Å². The smallest absolute Gasteiger partial charge is 0.272 e. The maximum Gasteiger partial charge on any atom is 0.272 e. The first-order chi connectivity index (χ1) is 13.1. The first-order valence-corrected chi connectivity index (χ1v) is 10.0. The molecule has 4 nitrogen and oxygen atoms in total. The van der Waals surface area contributed by atoms with E-state index in [1.54, 1.807) is 18.3 Å². The standard InChI is InChI=1S/C22H25Cl2N3O/c1-13-6-7-16(19(24)8-13)21(28)26-25-12-15-9-17-14(2)11-22(3,4)27(5)20(17)10-18(15)23/h6-10,12,14H,11H2,1-5H3,(H,26,28)/b25-12-/t14-/m1/s1. The van der Waals surface area contributed by atoms with Crippen molar-refractivity contribution in [3.63, 3.8) is 0 Å². The van der Waals surface area contributed by atoms with Gasteiger partial charge in [-0.25, -0.2) is 5.43 Å². The van der Waals surface area contributed by atoms with Gasteiger partial charge >= 0.3 is 0 Å². The van der Waals surface area contributed by atoms with Crippen LogP contribution in [0.25, 0.3) is 0 Å². The van der Waals surface area contributed by atoms with Crippen LogP contribution in [0.2, 0.25) is 10.0 Å². The van der Waals surface area contributed by atoms with E-state index in [1.807, 2.05) is 19.1 Å². The summed E-state index contributed by atoms with van der Waals surface area (Å²) in [6.07, 6.45) is 2.63. The molecule has 0 spiro atoms. The van der Waals surface area contributed by atoms with Crippen LogP contribution in [0, 0.1) is 6.92 Å². The van der Waals surface area contributed by atoms with Crippen molar-refractivity contribution in [3.8, 4) is 0 Å². The summed E-state index contributed by atoms with van der Waals surface area (Å²) in [5, 5.41) is 5.08. The summed E-state index contributed by atoms with van der Waals surface area (Å²) in [5.74, 6) is 0.0526. The van der Waals surface area contributed by atoms with Crippen LogP contribution in [0.5, 0.6) is 0 Å². The molecule has 0 unspecified atom stereocenters. The van der Waals surface area contributed by atoms with E-state index < -0.39 is 0 Å². The fraction of sp³-hybridized carbons (Fsp3) is 0.364. The number of hydrazone groups is 1. The van der Waals surface area contributed by atoms with E-state index in [2.05, 4.69) is 49.3 Å². The number of hydrogen-bond acceptors (Lipinski definition) is 3. The predicted octanol–water partition coefficient (Wildman–Crippen LogP) is 5.79. The predicted molar refractivity (Wildman–Crippen MR) is 118 cm³/mol. The number of nitrogens with zero attached hydrogens (tertiary/aromatic N) is 2. The Balaban J connectivity index is 1.81. The minimum Gasteiger partial charge on any atom is -0.369 e. The molecule has 148 valence electrons. The van der Waals surface area contributed by atoms with Gasteiger partial charge in [-0.05, 0) is 68.5 Å². The number of benzene rings is 2. The third-order valence-corrected chi connectivity index (χ3v) is 6.13. The van der Waals surface area contributed by atoms with Gasteiger partial charge in [-0.15, -0.1) is 0 Å². The van der Waals surface area contributed by atoms with Crippen LogP contribution in [0.4, 0.5) is 5.69 Å². The Kier molecular flexibility index (Phi) is 5.74. The summed E-state index contributed by atoms with van der Waals surface area (Å²) in [5.41, 5.74) is 7.13. The van der Waals surface area contributed by atoms with Crippen LogP contribution < -0.4 is 10.3 Å². The number of anilines is 1. The summed E-state index contributed by atoms with van der Waals surface area (Å²) in [7, 11) is 2.10. The lowest BCUT2D eigenvalue weighted by atomic mass is 9.80. The average Bonchev–Trinajstić information content (AvgIpc) is 2.60. The quantitative estimate of drug-likeness (QED) is 0.507. The molecule has 1 aliphatic rings. The molecule has 0 bridgehead atoms. The van der Waals surface area contributed by atoms with E-state index in [9.17, 15) is 4.79 Å². The number of amides is 1. The molecular formula is C22H25Cl2N3O. The molecule has 1 amide bonds. The van der Waals surface area contributed by atoms with Crippen LogP contribution in [-0.4, -0.2) is 24.7 Å². The topological polar surface area (TPSA) is 44.7 Å². The summed E-state index contributed by atoms with van der Waals surface area (Å²) in [6.45, 7) is 8.62. The third-order valence-electron chi connectivity index (χ3n) is 5.49. The monoisotopic (exact) mass is 417 g/mol. The lowest BCUT2D eigenvalue weighted by Gasteiger charge is -2.45. The van der Waals surface area contributed by atoms with Gasteiger partial charge in [-0.3, -0.25) is 4.79 Å². The molecule has 2 aromatic rings. The SMILES string of the molecule is Cc1ccc(C(=O)N/N=C\c2cc3c(cc2Cl)N(C)C(C)(C)C[C@H]3C)c(Cl)c1. The Morgan fingerprint density at radius 1 is 1.25 bits per heavy atom. The molecule has 2 aromatic carbocycles. The number of hydrogen-bond donors (Lipinski definition) is 1. The van der Waals surface area contributed by atoms with Gasteiger partial charge in [-0.2, -0.15) is 5.10 Å². The Bertz CT molecular complexity index is 953. The average molecular weight is 418 g/mol. The van der Waals surface area contributed by atoms with E-state index in [0.717, 1.165) is 23.2 Å². The van der Waals surface area contributed by atoms with E-state index in [-0.39, 0.29) is 11.4 Å². The molecule has 1 N–H and O–H groups in total. The zero-order valence-electron chi connectivity index (χ0n) is 16.8. The highest BCUT2D eigenvalue weighted by atomic mass is 35.5. The van der Waals surface area contributed by atoms with Crippen molar-refractivity contribution in [2.45, 2.75) is 45.6 Å².